The van der Waals surface area contributed by atoms with Crippen LogP contribution in [0.1, 0.15) is 32.6 Å². The van der Waals surface area contributed by atoms with E-state index in [4.69, 9.17) is 9.97 Å². The van der Waals surface area contributed by atoms with Gasteiger partial charge in [0.05, 0.1) is 0 Å². The summed E-state index contributed by atoms with van der Waals surface area (Å²) in [5.41, 5.74) is 3.89. The lowest BCUT2D eigenvalue weighted by Crippen LogP contribution is -2.46. The Kier molecular flexibility index (Phi) is 7.15. The minimum atomic E-state index is 0.0383. The van der Waals surface area contributed by atoms with Gasteiger partial charge in [0.1, 0.15) is 17.8 Å². The van der Waals surface area contributed by atoms with Gasteiger partial charge in [0.2, 0.25) is 5.91 Å². The second-order valence-electron chi connectivity index (χ2n) is 8.99. The number of carbonyl (C=O) groups is 1. The van der Waals surface area contributed by atoms with Crippen molar-refractivity contribution in [3.05, 3.63) is 30.3 Å². The topological polar surface area (TPSA) is 97.8 Å². The highest BCUT2D eigenvalue weighted by atomic mass is 32.2. The van der Waals surface area contributed by atoms with Crippen molar-refractivity contribution in [3.63, 3.8) is 0 Å². The Morgan fingerprint density at radius 2 is 1.94 bits per heavy atom. The molecule has 2 aromatic rings. The summed E-state index contributed by atoms with van der Waals surface area (Å²) in [6, 6.07) is 9.94. The smallest absolute Gasteiger partial charge is 0.227 e. The number of piperazine rings is 1. The summed E-state index contributed by atoms with van der Waals surface area (Å²) in [5.74, 6) is 2.05. The molecule has 1 saturated carbocycles. The molecule has 0 spiro atoms. The number of hydrazone groups is 1. The van der Waals surface area contributed by atoms with E-state index in [1.54, 1.807) is 0 Å². The molecule has 1 saturated heterocycles. The van der Waals surface area contributed by atoms with E-state index < -0.39 is 0 Å². The quantitative estimate of drug-likeness (QED) is 0.471. The molecular weight excluding hydrogens is 448 g/mol. The molecule has 9 nitrogen and oxygen atoms in total. The number of carbonyl (C=O) groups excluding carboxylic acids is 1. The number of rotatable bonds is 9. The lowest BCUT2D eigenvalue weighted by Gasteiger charge is -2.35. The fourth-order valence-electron chi connectivity index (χ4n) is 4.14. The van der Waals surface area contributed by atoms with E-state index in [9.17, 15) is 4.79 Å². The predicted octanol–water partition coefficient (Wildman–Crippen LogP) is 3.23. The lowest BCUT2D eigenvalue weighted by atomic mass is 10.3. The summed E-state index contributed by atoms with van der Waals surface area (Å²) in [6.07, 6.45) is 5.90. The van der Waals surface area contributed by atoms with Crippen molar-refractivity contribution in [2.24, 2.45) is 11.0 Å². The van der Waals surface area contributed by atoms with Crippen molar-refractivity contribution >= 4 is 41.2 Å². The third kappa shape index (κ3) is 5.98. The highest BCUT2D eigenvalue weighted by molar-refractivity contribution is 7.99. The van der Waals surface area contributed by atoms with Crippen LogP contribution in [-0.4, -0.2) is 65.9 Å². The Balaban J connectivity index is 1.29. The summed E-state index contributed by atoms with van der Waals surface area (Å²) in [5, 5.41) is 11.2. The number of nitrogens with zero attached hydrogens (tertiary/aromatic N) is 5. The fraction of sp³-hybridized carbons (Fsp3) is 0.500. The number of anilines is 3. The van der Waals surface area contributed by atoms with E-state index in [2.05, 4.69) is 37.9 Å². The Bertz CT molecular complexity index is 1010. The van der Waals surface area contributed by atoms with Crippen molar-refractivity contribution in [1.29, 1.82) is 0 Å². The molecule has 180 valence electrons. The van der Waals surface area contributed by atoms with Crippen molar-refractivity contribution in [2.75, 3.05) is 48.3 Å². The summed E-state index contributed by atoms with van der Waals surface area (Å²) in [6.45, 7) is 7.40. The van der Waals surface area contributed by atoms with Gasteiger partial charge in [-0.1, -0.05) is 6.92 Å². The summed E-state index contributed by atoms with van der Waals surface area (Å²) in [7, 11) is 0. The number of aromatic nitrogens is 2. The lowest BCUT2D eigenvalue weighted by molar-refractivity contribution is -0.117. The molecule has 1 aliphatic carbocycles. The van der Waals surface area contributed by atoms with Gasteiger partial charge in [-0.15, -0.1) is 0 Å². The van der Waals surface area contributed by atoms with Crippen LogP contribution in [-0.2, 0) is 4.79 Å². The van der Waals surface area contributed by atoms with Gasteiger partial charge in [0.25, 0.3) is 0 Å². The molecule has 1 atom stereocenters. The second kappa shape index (κ2) is 10.6. The SMILES string of the molecule is CCCN1CCN(c2cc(NC3CC=NN3)nc(Sc3ccc(NC(=O)C4CC4)cc3)n2)CC1. The number of amides is 1. The molecule has 2 fully saturated rings. The monoisotopic (exact) mass is 480 g/mol. The molecule has 3 aliphatic rings. The van der Waals surface area contributed by atoms with Gasteiger partial charge in [0.15, 0.2) is 5.16 Å². The van der Waals surface area contributed by atoms with Gasteiger partial charge in [-0.05, 0) is 61.8 Å². The number of nitrogens with one attached hydrogen (secondary N) is 3. The number of benzene rings is 1. The molecule has 1 aromatic carbocycles. The van der Waals surface area contributed by atoms with E-state index in [0.717, 1.165) is 74.2 Å². The van der Waals surface area contributed by atoms with Crippen LogP contribution < -0.4 is 21.0 Å². The van der Waals surface area contributed by atoms with Crippen LogP contribution in [0.25, 0.3) is 0 Å². The Hall–Kier alpha value is -2.85. The molecule has 2 aliphatic heterocycles. The van der Waals surface area contributed by atoms with Crippen LogP contribution in [0, 0.1) is 5.92 Å². The van der Waals surface area contributed by atoms with Gasteiger partial charge < -0.3 is 15.5 Å². The van der Waals surface area contributed by atoms with Gasteiger partial charge in [-0.3, -0.25) is 15.1 Å². The molecule has 0 bridgehead atoms. The third-order valence-corrected chi connectivity index (χ3v) is 7.07. The van der Waals surface area contributed by atoms with Crippen LogP contribution in [0.2, 0.25) is 0 Å². The predicted molar refractivity (Wildman–Crippen MR) is 137 cm³/mol. The average Bonchev–Trinajstić information content (AvgIpc) is 3.58. The summed E-state index contributed by atoms with van der Waals surface area (Å²) in [4.78, 5) is 27.6. The van der Waals surface area contributed by atoms with Crippen LogP contribution in [0.15, 0.2) is 45.5 Å². The highest BCUT2D eigenvalue weighted by Gasteiger charge is 2.29. The normalized spacial score (nSPS) is 20.3. The zero-order valence-corrected chi connectivity index (χ0v) is 20.4. The first kappa shape index (κ1) is 22.9. The maximum Gasteiger partial charge on any atom is 0.227 e. The Morgan fingerprint density at radius 1 is 1.15 bits per heavy atom. The molecule has 1 unspecified atom stereocenters. The molecule has 3 heterocycles. The number of hydrogen-bond donors (Lipinski definition) is 3. The van der Waals surface area contributed by atoms with Crippen molar-refractivity contribution in [1.82, 2.24) is 20.3 Å². The van der Waals surface area contributed by atoms with E-state index >= 15 is 0 Å². The standard InChI is InChI=1S/C24H32N8OS/c1-2-11-31-12-14-32(15-13-31)22-16-21(27-20-9-10-25-30-20)28-24(29-22)34-19-7-5-18(6-8-19)26-23(33)17-3-4-17/h5-8,10,16-17,20,30H,2-4,9,11-15H2,1H3,(H,26,33)(H,27,28,29). The molecule has 0 radical (unpaired) electrons. The first-order chi connectivity index (χ1) is 16.7. The average molecular weight is 481 g/mol. The largest absolute Gasteiger partial charge is 0.354 e. The molecule has 34 heavy (non-hydrogen) atoms. The van der Waals surface area contributed by atoms with Crippen LogP contribution >= 0.6 is 11.8 Å². The Labute approximate surface area is 204 Å². The van der Waals surface area contributed by atoms with Gasteiger partial charge in [0, 0.05) is 61.4 Å². The second-order valence-corrected chi connectivity index (χ2v) is 10.0. The van der Waals surface area contributed by atoms with Crippen LogP contribution in [0.5, 0.6) is 0 Å². The molecule has 1 aromatic heterocycles. The molecular formula is C24H32N8OS. The van der Waals surface area contributed by atoms with E-state index in [0.29, 0.717) is 5.16 Å². The first-order valence-electron chi connectivity index (χ1n) is 12.1. The van der Waals surface area contributed by atoms with Crippen molar-refractivity contribution in [3.8, 4) is 0 Å². The third-order valence-electron chi connectivity index (χ3n) is 6.19. The minimum absolute atomic E-state index is 0.0383. The van der Waals surface area contributed by atoms with Crippen molar-refractivity contribution in [2.45, 2.75) is 48.8 Å². The zero-order valence-electron chi connectivity index (χ0n) is 19.5. The van der Waals surface area contributed by atoms with Gasteiger partial charge in [-0.2, -0.15) is 5.10 Å². The summed E-state index contributed by atoms with van der Waals surface area (Å²) >= 11 is 1.53. The van der Waals surface area contributed by atoms with Gasteiger partial charge in [-0.25, -0.2) is 9.97 Å². The van der Waals surface area contributed by atoms with Gasteiger partial charge >= 0.3 is 0 Å². The maximum atomic E-state index is 12.0. The maximum absolute atomic E-state index is 12.0. The van der Waals surface area contributed by atoms with Crippen LogP contribution in [0.4, 0.5) is 17.3 Å². The molecule has 5 rings (SSSR count). The zero-order chi connectivity index (χ0) is 23.3. The molecule has 1 amide bonds. The minimum Gasteiger partial charge on any atom is -0.354 e. The van der Waals surface area contributed by atoms with E-state index in [1.807, 2.05) is 36.5 Å². The van der Waals surface area contributed by atoms with Crippen molar-refractivity contribution < 1.29 is 4.79 Å². The van der Waals surface area contributed by atoms with E-state index in [1.165, 1.54) is 18.2 Å². The van der Waals surface area contributed by atoms with E-state index in [-0.39, 0.29) is 18.0 Å². The van der Waals surface area contributed by atoms with Crippen LogP contribution in [0.3, 0.4) is 0 Å². The first-order valence-corrected chi connectivity index (χ1v) is 13.0. The highest BCUT2D eigenvalue weighted by Crippen LogP contribution is 2.32. The molecule has 3 N–H and O–H groups in total. The number of hydrogen-bond acceptors (Lipinski definition) is 9. The Morgan fingerprint density at radius 3 is 2.62 bits per heavy atom. The summed E-state index contributed by atoms with van der Waals surface area (Å²) < 4.78 is 0. The fourth-order valence-corrected chi connectivity index (χ4v) is 4.90. The molecule has 10 heteroatoms.